The van der Waals surface area contributed by atoms with E-state index in [-0.39, 0.29) is 12.4 Å². The van der Waals surface area contributed by atoms with Crippen LogP contribution in [0, 0.1) is 0 Å². The third kappa shape index (κ3) is 3.07. The van der Waals surface area contributed by atoms with Crippen molar-refractivity contribution in [3.8, 4) is 11.4 Å². The first kappa shape index (κ1) is 12.1. The molecule has 1 aromatic carbocycles. The van der Waals surface area contributed by atoms with E-state index in [2.05, 4.69) is 25.1 Å². The van der Waals surface area contributed by atoms with Crippen LogP contribution < -0.4 is 0 Å². The minimum absolute atomic E-state index is 0.227. The van der Waals surface area contributed by atoms with Gasteiger partial charge in [-0.1, -0.05) is 30.3 Å². The predicted octanol–water partition coefficient (Wildman–Crippen LogP) is 1.04. The largest absolute Gasteiger partial charge is 0.469 e. The SMILES string of the molecule is COC(=O)CCc1nnc(-c2ccccc2)nn1. The summed E-state index contributed by atoms with van der Waals surface area (Å²) in [4.78, 5) is 11.0. The Balaban J connectivity index is 2.04. The van der Waals surface area contributed by atoms with Gasteiger partial charge in [-0.3, -0.25) is 4.79 Å². The Hall–Kier alpha value is -2.37. The van der Waals surface area contributed by atoms with Crippen molar-refractivity contribution >= 4 is 5.97 Å². The van der Waals surface area contributed by atoms with Crippen molar-refractivity contribution in [1.82, 2.24) is 20.4 Å². The number of aromatic nitrogens is 4. The van der Waals surface area contributed by atoms with Gasteiger partial charge in [0.1, 0.15) is 0 Å². The molecule has 1 aromatic heterocycles. The predicted molar refractivity (Wildman–Crippen MR) is 63.4 cm³/mol. The molecule has 0 saturated carbocycles. The molecule has 6 heteroatoms. The molecular weight excluding hydrogens is 232 g/mol. The van der Waals surface area contributed by atoms with E-state index >= 15 is 0 Å². The number of methoxy groups -OCH3 is 1. The van der Waals surface area contributed by atoms with E-state index in [1.165, 1.54) is 7.11 Å². The molecule has 0 N–H and O–H groups in total. The quantitative estimate of drug-likeness (QED) is 0.748. The molecule has 6 nitrogen and oxygen atoms in total. The average Bonchev–Trinajstić information content (AvgIpc) is 2.46. The monoisotopic (exact) mass is 244 g/mol. The van der Waals surface area contributed by atoms with E-state index in [4.69, 9.17) is 0 Å². The topological polar surface area (TPSA) is 77.9 Å². The van der Waals surface area contributed by atoms with Crippen LogP contribution in [0.2, 0.25) is 0 Å². The van der Waals surface area contributed by atoms with Crippen LogP contribution in [0.15, 0.2) is 30.3 Å². The Kier molecular flexibility index (Phi) is 3.90. The van der Waals surface area contributed by atoms with Crippen LogP contribution in [0.1, 0.15) is 12.2 Å². The van der Waals surface area contributed by atoms with Crippen molar-refractivity contribution in [3.05, 3.63) is 36.2 Å². The Morgan fingerprint density at radius 3 is 2.39 bits per heavy atom. The van der Waals surface area contributed by atoms with E-state index in [9.17, 15) is 4.79 Å². The minimum atomic E-state index is -0.300. The summed E-state index contributed by atoms with van der Waals surface area (Å²) in [7, 11) is 1.35. The first-order valence-electron chi connectivity index (χ1n) is 5.48. The number of benzene rings is 1. The summed E-state index contributed by atoms with van der Waals surface area (Å²) < 4.78 is 4.53. The van der Waals surface area contributed by atoms with E-state index in [0.717, 1.165) is 5.56 Å². The summed E-state index contributed by atoms with van der Waals surface area (Å²) in [6.45, 7) is 0. The Morgan fingerprint density at radius 1 is 1.11 bits per heavy atom. The number of carbonyl (C=O) groups is 1. The summed E-state index contributed by atoms with van der Waals surface area (Å²) in [6, 6.07) is 9.46. The Morgan fingerprint density at radius 2 is 1.78 bits per heavy atom. The number of hydrogen-bond donors (Lipinski definition) is 0. The Bertz CT molecular complexity index is 513. The summed E-state index contributed by atoms with van der Waals surface area (Å²) in [5.41, 5.74) is 0.858. The molecule has 0 radical (unpaired) electrons. The van der Waals surface area contributed by atoms with Gasteiger partial charge < -0.3 is 4.74 Å². The zero-order chi connectivity index (χ0) is 12.8. The number of ether oxygens (including phenoxy) is 1. The van der Waals surface area contributed by atoms with Crippen molar-refractivity contribution in [2.75, 3.05) is 7.11 Å². The van der Waals surface area contributed by atoms with Crippen LogP contribution >= 0.6 is 0 Å². The highest BCUT2D eigenvalue weighted by Crippen LogP contribution is 2.11. The van der Waals surface area contributed by atoms with Gasteiger partial charge in [-0.05, 0) is 0 Å². The van der Waals surface area contributed by atoms with Crippen LogP contribution in [0.25, 0.3) is 11.4 Å². The third-order valence-electron chi connectivity index (χ3n) is 2.33. The molecule has 92 valence electrons. The van der Waals surface area contributed by atoms with Crippen molar-refractivity contribution in [2.45, 2.75) is 12.8 Å². The molecule has 0 fully saturated rings. The fraction of sp³-hybridized carbons (Fsp3) is 0.250. The lowest BCUT2D eigenvalue weighted by Gasteiger charge is -1.99. The lowest BCUT2D eigenvalue weighted by molar-refractivity contribution is -0.140. The van der Waals surface area contributed by atoms with Gasteiger partial charge in [0, 0.05) is 12.0 Å². The zero-order valence-corrected chi connectivity index (χ0v) is 9.91. The molecule has 2 aromatic rings. The lowest BCUT2D eigenvalue weighted by Crippen LogP contribution is -2.07. The molecular formula is C12H12N4O2. The molecule has 0 aliphatic carbocycles. The fourth-order valence-electron chi connectivity index (χ4n) is 1.37. The standard InChI is InChI=1S/C12H12N4O2/c1-18-11(17)8-7-10-13-15-12(16-14-10)9-5-3-2-4-6-9/h2-6H,7-8H2,1H3. The average molecular weight is 244 g/mol. The Labute approximate surface area is 104 Å². The van der Waals surface area contributed by atoms with Gasteiger partial charge in [0.25, 0.3) is 0 Å². The smallest absolute Gasteiger partial charge is 0.305 e. The lowest BCUT2D eigenvalue weighted by atomic mass is 10.2. The second-order valence-electron chi connectivity index (χ2n) is 3.58. The van der Waals surface area contributed by atoms with Gasteiger partial charge in [-0.2, -0.15) is 0 Å². The molecule has 1 heterocycles. The van der Waals surface area contributed by atoms with Crippen molar-refractivity contribution in [1.29, 1.82) is 0 Å². The minimum Gasteiger partial charge on any atom is -0.469 e. The normalized spacial score (nSPS) is 10.1. The molecule has 2 rings (SSSR count). The maximum absolute atomic E-state index is 11.0. The number of esters is 1. The van der Waals surface area contributed by atoms with Crippen LogP contribution in [-0.4, -0.2) is 33.5 Å². The van der Waals surface area contributed by atoms with E-state index < -0.39 is 0 Å². The summed E-state index contributed by atoms with van der Waals surface area (Å²) in [5, 5.41) is 15.8. The number of rotatable bonds is 4. The van der Waals surface area contributed by atoms with Crippen LogP contribution in [0.4, 0.5) is 0 Å². The van der Waals surface area contributed by atoms with Gasteiger partial charge in [-0.25, -0.2) is 0 Å². The van der Waals surface area contributed by atoms with E-state index in [0.29, 0.717) is 18.1 Å². The van der Waals surface area contributed by atoms with E-state index in [1.807, 2.05) is 30.3 Å². The fourth-order valence-corrected chi connectivity index (χ4v) is 1.37. The van der Waals surface area contributed by atoms with Crippen LogP contribution in [0.3, 0.4) is 0 Å². The van der Waals surface area contributed by atoms with Crippen LogP contribution in [-0.2, 0) is 16.0 Å². The third-order valence-corrected chi connectivity index (χ3v) is 2.33. The van der Waals surface area contributed by atoms with E-state index in [1.54, 1.807) is 0 Å². The molecule has 0 spiro atoms. The maximum Gasteiger partial charge on any atom is 0.305 e. The number of aryl methyl sites for hydroxylation is 1. The van der Waals surface area contributed by atoms with Gasteiger partial charge in [0.05, 0.1) is 13.5 Å². The number of hydrogen-bond acceptors (Lipinski definition) is 6. The molecule has 18 heavy (non-hydrogen) atoms. The van der Waals surface area contributed by atoms with Gasteiger partial charge in [0.2, 0.25) is 5.82 Å². The second-order valence-corrected chi connectivity index (χ2v) is 3.58. The molecule has 0 atom stereocenters. The molecule has 0 bridgehead atoms. The van der Waals surface area contributed by atoms with Gasteiger partial charge in [0.15, 0.2) is 5.82 Å². The molecule has 0 saturated heterocycles. The van der Waals surface area contributed by atoms with Crippen molar-refractivity contribution in [2.24, 2.45) is 0 Å². The highest BCUT2D eigenvalue weighted by molar-refractivity contribution is 5.69. The number of carbonyl (C=O) groups excluding carboxylic acids is 1. The highest BCUT2D eigenvalue weighted by atomic mass is 16.5. The maximum atomic E-state index is 11.0. The first-order chi connectivity index (χ1) is 8.79. The molecule has 0 aliphatic heterocycles. The van der Waals surface area contributed by atoms with Gasteiger partial charge in [-0.15, -0.1) is 20.4 Å². The molecule has 0 aliphatic rings. The molecule has 0 amide bonds. The van der Waals surface area contributed by atoms with Gasteiger partial charge >= 0.3 is 5.97 Å². The summed E-state index contributed by atoms with van der Waals surface area (Å²) in [6.07, 6.45) is 0.603. The number of nitrogens with zero attached hydrogens (tertiary/aromatic N) is 4. The summed E-state index contributed by atoms with van der Waals surface area (Å²) in [5.74, 6) is 0.600. The highest BCUT2D eigenvalue weighted by Gasteiger charge is 2.06. The first-order valence-corrected chi connectivity index (χ1v) is 5.48. The zero-order valence-electron chi connectivity index (χ0n) is 9.91. The summed E-state index contributed by atoms with van der Waals surface area (Å²) >= 11 is 0. The second kappa shape index (κ2) is 5.81. The van der Waals surface area contributed by atoms with Crippen molar-refractivity contribution in [3.63, 3.8) is 0 Å². The molecule has 0 unspecified atom stereocenters. The van der Waals surface area contributed by atoms with Crippen LogP contribution in [0.5, 0.6) is 0 Å². The van der Waals surface area contributed by atoms with Crippen molar-refractivity contribution < 1.29 is 9.53 Å².